The van der Waals surface area contributed by atoms with Gasteiger partial charge in [0.1, 0.15) is 10.8 Å². The fourth-order valence-electron chi connectivity index (χ4n) is 1.65. The van der Waals surface area contributed by atoms with E-state index in [4.69, 9.17) is 22.1 Å². The molecule has 2 aromatic carbocycles. The molecule has 0 bridgehead atoms. The van der Waals surface area contributed by atoms with Crippen molar-refractivity contribution in [2.75, 3.05) is 0 Å². The monoisotopic (exact) mass is 296 g/mol. The molecule has 0 radical (unpaired) electrons. The first-order chi connectivity index (χ1) is 9.52. The average molecular weight is 297 g/mol. The number of nitro groups is 1. The number of hydrogen-bond acceptors (Lipinski definition) is 4. The van der Waals surface area contributed by atoms with Crippen molar-refractivity contribution in [3.63, 3.8) is 0 Å². The molecule has 0 aromatic heterocycles. The van der Waals surface area contributed by atoms with Crippen LogP contribution in [0.15, 0.2) is 36.4 Å². The van der Waals surface area contributed by atoms with E-state index < -0.39 is 10.7 Å². The fourth-order valence-corrected chi connectivity index (χ4v) is 1.89. The summed E-state index contributed by atoms with van der Waals surface area (Å²) in [5, 5.41) is 10.6. The molecule has 0 unspecified atom stereocenters. The molecule has 104 valence electrons. The van der Waals surface area contributed by atoms with Gasteiger partial charge >= 0.3 is 0 Å². The Kier molecular flexibility index (Phi) is 4.16. The number of nitrogens with two attached hydrogens (primary N) is 1. The molecule has 0 spiro atoms. The van der Waals surface area contributed by atoms with E-state index in [0.29, 0.717) is 5.56 Å². The Balaban J connectivity index is 2.36. The number of rotatable bonds is 4. The highest BCUT2D eigenvalue weighted by atomic mass is 35.5. The fraction of sp³-hybridized carbons (Fsp3) is 0.0769. The van der Waals surface area contributed by atoms with E-state index in [2.05, 4.69) is 0 Å². The molecule has 0 saturated heterocycles. The number of halogens is 2. The van der Waals surface area contributed by atoms with Crippen LogP contribution in [0, 0.1) is 15.9 Å². The van der Waals surface area contributed by atoms with E-state index in [-0.39, 0.29) is 28.8 Å². The van der Waals surface area contributed by atoms with Crippen molar-refractivity contribution in [2.24, 2.45) is 5.73 Å². The van der Waals surface area contributed by atoms with Crippen LogP contribution in [-0.4, -0.2) is 4.92 Å². The second-order valence-electron chi connectivity index (χ2n) is 3.90. The van der Waals surface area contributed by atoms with Gasteiger partial charge in [-0.1, -0.05) is 23.7 Å². The minimum absolute atomic E-state index is 0.0140. The number of para-hydroxylation sites is 1. The average Bonchev–Trinajstić information content (AvgIpc) is 2.40. The van der Waals surface area contributed by atoms with Crippen molar-refractivity contribution in [3.05, 3.63) is 62.9 Å². The molecule has 0 fully saturated rings. The van der Waals surface area contributed by atoms with Crippen LogP contribution in [-0.2, 0) is 6.54 Å². The quantitative estimate of drug-likeness (QED) is 0.690. The number of benzene rings is 2. The molecule has 0 amide bonds. The van der Waals surface area contributed by atoms with Crippen LogP contribution in [0.4, 0.5) is 10.1 Å². The predicted molar refractivity (Wildman–Crippen MR) is 72.5 cm³/mol. The molecular formula is C13H10ClFN2O3. The number of hydrogen-bond donors (Lipinski definition) is 1. The van der Waals surface area contributed by atoms with Gasteiger partial charge in [0, 0.05) is 24.2 Å². The Bertz CT molecular complexity index is 664. The zero-order valence-corrected chi connectivity index (χ0v) is 10.9. The second kappa shape index (κ2) is 5.85. The second-order valence-corrected chi connectivity index (χ2v) is 4.31. The lowest BCUT2D eigenvalue weighted by atomic mass is 10.2. The Morgan fingerprint density at radius 2 is 2.10 bits per heavy atom. The minimum Gasteiger partial charge on any atom is -0.454 e. The molecule has 0 aliphatic rings. The summed E-state index contributed by atoms with van der Waals surface area (Å²) in [7, 11) is 0. The van der Waals surface area contributed by atoms with Gasteiger partial charge in [-0.15, -0.1) is 0 Å². The molecule has 2 N–H and O–H groups in total. The van der Waals surface area contributed by atoms with E-state index in [1.165, 1.54) is 30.3 Å². The van der Waals surface area contributed by atoms with Gasteiger partial charge in [0.25, 0.3) is 5.69 Å². The normalized spacial score (nSPS) is 10.3. The van der Waals surface area contributed by atoms with Crippen molar-refractivity contribution in [2.45, 2.75) is 6.54 Å². The van der Waals surface area contributed by atoms with Gasteiger partial charge in [-0.3, -0.25) is 10.1 Å². The zero-order chi connectivity index (χ0) is 14.7. The standard InChI is InChI=1S/C13H10ClFN2O3/c14-10-6-9(4-5-12(10)17(18)19)20-13-8(7-16)2-1-3-11(13)15/h1-6H,7,16H2. The summed E-state index contributed by atoms with van der Waals surface area (Å²) in [6.07, 6.45) is 0. The third kappa shape index (κ3) is 2.87. The van der Waals surface area contributed by atoms with Crippen LogP contribution in [0.1, 0.15) is 5.56 Å². The van der Waals surface area contributed by atoms with Crippen LogP contribution in [0.25, 0.3) is 0 Å². The predicted octanol–water partition coefficient (Wildman–Crippen LogP) is 3.64. The van der Waals surface area contributed by atoms with Gasteiger partial charge < -0.3 is 10.5 Å². The van der Waals surface area contributed by atoms with Crippen molar-refractivity contribution >= 4 is 17.3 Å². The van der Waals surface area contributed by atoms with Crippen molar-refractivity contribution in [1.29, 1.82) is 0 Å². The molecule has 2 rings (SSSR count). The first-order valence-corrected chi connectivity index (χ1v) is 6.00. The van der Waals surface area contributed by atoms with Gasteiger partial charge in [-0.25, -0.2) is 4.39 Å². The van der Waals surface area contributed by atoms with Crippen molar-refractivity contribution in [1.82, 2.24) is 0 Å². The Labute approximate surface area is 118 Å². The lowest BCUT2D eigenvalue weighted by Gasteiger charge is -2.11. The topological polar surface area (TPSA) is 78.4 Å². The first-order valence-electron chi connectivity index (χ1n) is 5.62. The molecule has 0 aliphatic carbocycles. The van der Waals surface area contributed by atoms with Gasteiger partial charge in [-0.2, -0.15) is 0 Å². The van der Waals surface area contributed by atoms with Crippen LogP contribution in [0.5, 0.6) is 11.5 Å². The summed E-state index contributed by atoms with van der Waals surface area (Å²) in [6.45, 7) is 0.105. The van der Waals surface area contributed by atoms with Gasteiger partial charge in [0.15, 0.2) is 11.6 Å². The van der Waals surface area contributed by atoms with Gasteiger partial charge in [0.2, 0.25) is 0 Å². The van der Waals surface area contributed by atoms with E-state index in [1.54, 1.807) is 6.07 Å². The van der Waals surface area contributed by atoms with Gasteiger partial charge in [-0.05, 0) is 12.1 Å². The molecule has 0 heterocycles. The summed E-state index contributed by atoms with van der Waals surface area (Å²) >= 11 is 5.76. The van der Waals surface area contributed by atoms with Crippen LogP contribution >= 0.6 is 11.6 Å². The molecule has 0 saturated carbocycles. The molecule has 2 aromatic rings. The van der Waals surface area contributed by atoms with E-state index >= 15 is 0 Å². The third-order valence-electron chi connectivity index (χ3n) is 2.60. The smallest absolute Gasteiger partial charge is 0.288 e. The van der Waals surface area contributed by atoms with E-state index in [9.17, 15) is 14.5 Å². The third-order valence-corrected chi connectivity index (χ3v) is 2.91. The number of nitro benzene ring substituents is 1. The van der Waals surface area contributed by atoms with Crippen LogP contribution in [0.3, 0.4) is 0 Å². The molecule has 5 nitrogen and oxygen atoms in total. The summed E-state index contributed by atoms with van der Waals surface area (Å²) in [5.41, 5.74) is 5.75. The molecule has 0 aliphatic heterocycles. The van der Waals surface area contributed by atoms with Crippen molar-refractivity contribution < 1.29 is 14.1 Å². The van der Waals surface area contributed by atoms with E-state index in [0.717, 1.165) is 0 Å². The summed E-state index contributed by atoms with van der Waals surface area (Å²) < 4.78 is 19.1. The Hall–Kier alpha value is -2.18. The highest BCUT2D eigenvalue weighted by Crippen LogP contribution is 2.33. The number of nitrogens with zero attached hydrogens (tertiary/aromatic N) is 1. The van der Waals surface area contributed by atoms with Crippen molar-refractivity contribution in [3.8, 4) is 11.5 Å². The van der Waals surface area contributed by atoms with Crippen LogP contribution in [0.2, 0.25) is 5.02 Å². The summed E-state index contributed by atoms with van der Waals surface area (Å²) in [5.74, 6) is -0.386. The summed E-state index contributed by atoms with van der Waals surface area (Å²) in [6, 6.07) is 8.18. The maximum atomic E-state index is 13.7. The maximum Gasteiger partial charge on any atom is 0.288 e. The Morgan fingerprint density at radius 1 is 1.35 bits per heavy atom. The SMILES string of the molecule is NCc1cccc(F)c1Oc1ccc([N+](=O)[O-])c(Cl)c1. The lowest BCUT2D eigenvalue weighted by Crippen LogP contribution is -2.01. The first kappa shape index (κ1) is 14.2. The highest BCUT2D eigenvalue weighted by molar-refractivity contribution is 6.32. The molecule has 7 heteroatoms. The van der Waals surface area contributed by atoms with Crippen LogP contribution < -0.4 is 10.5 Å². The highest BCUT2D eigenvalue weighted by Gasteiger charge is 2.15. The maximum absolute atomic E-state index is 13.7. The molecular weight excluding hydrogens is 287 g/mol. The zero-order valence-electron chi connectivity index (χ0n) is 10.2. The summed E-state index contributed by atoms with van der Waals surface area (Å²) in [4.78, 5) is 10.0. The molecule has 20 heavy (non-hydrogen) atoms. The Morgan fingerprint density at radius 3 is 2.70 bits per heavy atom. The number of ether oxygens (including phenoxy) is 1. The van der Waals surface area contributed by atoms with E-state index in [1.807, 2.05) is 0 Å². The lowest BCUT2D eigenvalue weighted by molar-refractivity contribution is -0.384. The van der Waals surface area contributed by atoms with Gasteiger partial charge in [0.05, 0.1) is 4.92 Å². The largest absolute Gasteiger partial charge is 0.454 e. The molecule has 0 atom stereocenters. The minimum atomic E-state index is -0.611.